The molecule has 206 valence electrons. The van der Waals surface area contributed by atoms with Crippen LogP contribution in [-0.2, 0) is 9.59 Å². The molecule has 4 rings (SSSR count). The average molecular weight is 530 g/mol. The summed E-state index contributed by atoms with van der Waals surface area (Å²) in [6.45, 7) is 10.5. The second-order valence-corrected chi connectivity index (χ2v) is 12.0. The Balaban J connectivity index is 1.45. The summed E-state index contributed by atoms with van der Waals surface area (Å²) in [6.07, 6.45) is 1.63. The molecule has 2 atom stereocenters. The Hall–Kier alpha value is -3.51. The van der Waals surface area contributed by atoms with Crippen LogP contribution in [0.1, 0.15) is 70.4 Å². The third-order valence-corrected chi connectivity index (χ3v) is 7.51. The molecule has 1 fully saturated rings. The van der Waals surface area contributed by atoms with Crippen LogP contribution in [0.2, 0.25) is 0 Å². The lowest BCUT2D eigenvalue weighted by Crippen LogP contribution is -2.62. The molecular formula is C33H40FN3O2. The van der Waals surface area contributed by atoms with Gasteiger partial charge in [0, 0.05) is 29.2 Å². The van der Waals surface area contributed by atoms with Crippen molar-refractivity contribution in [2.45, 2.75) is 76.4 Å². The summed E-state index contributed by atoms with van der Waals surface area (Å²) in [5.74, 6) is -1.84. The molecule has 3 N–H and O–H groups in total. The van der Waals surface area contributed by atoms with Crippen molar-refractivity contribution in [1.29, 1.82) is 0 Å². The van der Waals surface area contributed by atoms with Crippen LogP contribution in [0.3, 0.4) is 0 Å². The maximum Gasteiger partial charge on any atom is 0.229 e. The second kappa shape index (κ2) is 11.7. The van der Waals surface area contributed by atoms with E-state index in [2.05, 4.69) is 43.6 Å². The van der Waals surface area contributed by atoms with E-state index in [0.717, 1.165) is 24.0 Å². The second-order valence-electron chi connectivity index (χ2n) is 12.0. The smallest absolute Gasteiger partial charge is 0.229 e. The molecule has 0 spiro atoms. The molecule has 3 aromatic carbocycles. The van der Waals surface area contributed by atoms with Crippen LogP contribution in [-0.4, -0.2) is 35.5 Å². The van der Waals surface area contributed by atoms with Crippen LogP contribution >= 0.6 is 0 Å². The van der Waals surface area contributed by atoms with Gasteiger partial charge < -0.3 is 16.0 Å². The number of carbonyl (C=O) groups is 2. The molecule has 0 aliphatic carbocycles. The van der Waals surface area contributed by atoms with Gasteiger partial charge in [-0.15, -0.1) is 0 Å². The van der Waals surface area contributed by atoms with E-state index in [-0.39, 0.29) is 41.3 Å². The molecule has 0 saturated carbocycles. The predicted molar refractivity (Wildman–Crippen MR) is 155 cm³/mol. The van der Waals surface area contributed by atoms with Crippen LogP contribution in [0.5, 0.6) is 0 Å². The lowest BCUT2D eigenvalue weighted by Gasteiger charge is -2.46. The minimum absolute atomic E-state index is 0.0238. The molecule has 2 unspecified atom stereocenters. The van der Waals surface area contributed by atoms with Crippen molar-refractivity contribution in [3.05, 3.63) is 95.8 Å². The standard InChI is InChI=1S/C33H40FN3O2/c1-22(25-16-17-27(29(34)18-25)23-12-8-6-9-13-23)30(38)35-21-28(24-14-10-7-11-15-24)31(39)36-26-19-32(2,3)37-33(4,5)20-26/h6-18,22,26,28,37H,19-21H2,1-5H3,(H,35,38)(H,36,39). The molecule has 1 aliphatic heterocycles. The van der Waals surface area contributed by atoms with Gasteiger partial charge >= 0.3 is 0 Å². The molecule has 2 amide bonds. The zero-order valence-corrected chi connectivity index (χ0v) is 23.6. The van der Waals surface area contributed by atoms with Gasteiger partial charge in [-0.1, -0.05) is 72.8 Å². The highest BCUT2D eigenvalue weighted by Gasteiger charge is 2.39. The molecular weight excluding hydrogens is 489 g/mol. The molecule has 3 aromatic rings. The summed E-state index contributed by atoms with van der Waals surface area (Å²) in [6, 6.07) is 23.8. The molecule has 1 saturated heterocycles. The minimum Gasteiger partial charge on any atom is -0.354 e. The summed E-state index contributed by atoms with van der Waals surface area (Å²) < 4.78 is 14.9. The van der Waals surface area contributed by atoms with Gasteiger partial charge in [-0.25, -0.2) is 4.39 Å². The van der Waals surface area contributed by atoms with E-state index in [1.807, 2.05) is 60.7 Å². The monoisotopic (exact) mass is 529 g/mol. The Kier molecular flexibility index (Phi) is 8.55. The van der Waals surface area contributed by atoms with Gasteiger partial charge in [-0.05, 0) is 70.2 Å². The normalized spacial score (nSPS) is 18.1. The van der Waals surface area contributed by atoms with Crippen molar-refractivity contribution in [2.24, 2.45) is 0 Å². The van der Waals surface area contributed by atoms with E-state index < -0.39 is 11.8 Å². The topological polar surface area (TPSA) is 70.2 Å². The van der Waals surface area contributed by atoms with E-state index in [1.54, 1.807) is 19.1 Å². The zero-order chi connectivity index (χ0) is 28.2. The highest BCUT2D eigenvalue weighted by Crippen LogP contribution is 2.30. The van der Waals surface area contributed by atoms with Crippen LogP contribution in [0.25, 0.3) is 11.1 Å². The first-order valence-electron chi connectivity index (χ1n) is 13.7. The van der Waals surface area contributed by atoms with Gasteiger partial charge in [0.25, 0.3) is 0 Å². The van der Waals surface area contributed by atoms with Gasteiger partial charge in [0.2, 0.25) is 11.8 Å². The van der Waals surface area contributed by atoms with E-state index in [1.165, 1.54) is 6.07 Å². The third-order valence-electron chi connectivity index (χ3n) is 7.51. The molecule has 1 heterocycles. The van der Waals surface area contributed by atoms with Crippen LogP contribution < -0.4 is 16.0 Å². The number of amides is 2. The summed E-state index contributed by atoms with van der Waals surface area (Å²) in [7, 11) is 0. The fraction of sp³-hybridized carbons (Fsp3) is 0.394. The Labute approximate surface area is 231 Å². The van der Waals surface area contributed by atoms with Crippen molar-refractivity contribution >= 4 is 11.8 Å². The predicted octanol–water partition coefficient (Wildman–Crippen LogP) is 5.92. The van der Waals surface area contributed by atoms with Gasteiger partial charge in [-0.3, -0.25) is 9.59 Å². The van der Waals surface area contributed by atoms with Crippen molar-refractivity contribution in [1.82, 2.24) is 16.0 Å². The van der Waals surface area contributed by atoms with Crippen molar-refractivity contribution in [3.63, 3.8) is 0 Å². The number of benzene rings is 3. The fourth-order valence-electron chi connectivity index (χ4n) is 5.93. The maximum atomic E-state index is 14.9. The first kappa shape index (κ1) is 28.5. The van der Waals surface area contributed by atoms with Crippen molar-refractivity contribution in [2.75, 3.05) is 6.54 Å². The summed E-state index contributed by atoms with van der Waals surface area (Å²) in [5.41, 5.74) is 2.51. The quantitative estimate of drug-likeness (QED) is 0.339. The summed E-state index contributed by atoms with van der Waals surface area (Å²) in [5, 5.41) is 9.87. The Morgan fingerprint density at radius 3 is 2.05 bits per heavy atom. The number of halogens is 1. The largest absolute Gasteiger partial charge is 0.354 e. The number of nitrogens with one attached hydrogen (secondary N) is 3. The third kappa shape index (κ3) is 7.33. The molecule has 6 heteroatoms. The highest BCUT2D eigenvalue weighted by molar-refractivity contribution is 5.87. The maximum absolute atomic E-state index is 14.9. The van der Waals surface area contributed by atoms with Crippen molar-refractivity contribution < 1.29 is 14.0 Å². The van der Waals surface area contributed by atoms with Gasteiger partial charge in [-0.2, -0.15) is 0 Å². The Morgan fingerprint density at radius 1 is 0.872 bits per heavy atom. The molecule has 1 aliphatic rings. The highest BCUT2D eigenvalue weighted by atomic mass is 19.1. The van der Waals surface area contributed by atoms with E-state index in [9.17, 15) is 14.0 Å². The van der Waals surface area contributed by atoms with E-state index >= 15 is 0 Å². The molecule has 5 nitrogen and oxygen atoms in total. The fourth-order valence-corrected chi connectivity index (χ4v) is 5.93. The summed E-state index contributed by atoms with van der Waals surface area (Å²) >= 11 is 0. The van der Waals surface area contributed by atoms with Gasteiger partial charge in [0.15, 0.2) is 0 Å². The van der Waals surface area contributed by atoms with Crippen LogP contribution in [0.15, 0.2) is 78.9 Å². The number of hydrogen-bond donors (Lipinski definition) is 3. The van der Waals surface area contributed by atoms with Crippen molar-refractivity contribution in [3.8, 4) is 11.1 Å². The first-order chi connectivity index (χ1) is 18.4. The first-order valence-corrected chi connectivity index (χ1v) is 13.7. The Morgan fingerprint density at radius 2 is 1.46 bits per heavy atom. The van der Waals surface area contributed by atoms with Gasteiger partial charge in [0.1, 0.15) is 5.82 Å². The number of rotatable bonds is 8. The minimum atomic E-state index is -0.574. The Bertz CT molecular complexity index is 1270. The number of carbonyl (C=O) groups excluding carboxylic acids is 2. The van der Waals surface area contributed by atoms with Crippen LogP contribution in [0, 0.1) is 5.82 Å². The summed E-state index contributed by atoms with van der Waals surface area (Å²) in [4.78, 5) is 26.7. The lowest BCUT2D eigenvalue weighted by atomic mass is 9.79. The van der Waals surface area contributed by atoms with E-state index in [4.69, 9.17) is 0 Å². The van der Waals surface area contributed by atoms with E-state index in [0.29, 0.717) is 11.1 Å². The SMILES string of the molecule is CC(C(=O)NCC(C(=O)NC1CC(C)(C)NC(C)(C)C1)c1ccccc1)c1ccc(-c2ccccc2)c(F)c1. The van der Waals surface area contributed by atoms with Crippen LogP contribution in [0.4, 0.5) is 4.39 Å². The molecule has 0 radical (unpaired) electrons. The number of hydrogen-bond acceptors (Lipinski definition) is 3. The molecule has 0 bridgehead atoms. The molecule has 0 aromatic heterocycles. The zero-order valence-electron chi connectivity index (χ0n) is 23.6. The lowest BCUT2D eigenvalue weighted by molar-refractivity contribution is -0.124. The molecule has 39 heavy (non-hydrogen) atoms. The van der Waals surface area contributed by atoms with Gasteiger partial charge in [0.05, 0.1) is 11.8 Å². The average Bonchev–Trinajstić information content (AvgIpc) is 2.87. The number of piperidine rings is 1.